The van der Waals surface area contributed by atoms with Crippen LogP contribution in [0.3, 0.4) is 0 Å². The number of piperidine rings is 1. The zero-order valence-electron chi connectivity index (χ0n) is 12.3. The van der Waals surface area contributed by atoms with Crippen LogP contribution in [0.2, 0.25) is 0 Å². The highest BCUT2D eigenvalue weighted by Gasteiger charge is 2.43. The number of aromatic nitrogens is 1. The molecule has 2 saturated heterocycles. The van der Waals surface area contributed by atoms with Gasteiger partial charge in [0.15, 0.2) is 0 Å². The quantitative estimate of drug-likeness (QED) is 0.856. The second kappa shape index (κ2) is 5.50. The van der Waals surface area contributed by atoms with Gasteiger partial charge in [0.05, 0.1) is 5.56 Å². The molecule has 3 heterocycles. The topological polar surface area (TPSA) is 62.3 Å². The molecule has 1 N–H and O–H groups in total. The normalized spacial score (nSPS) is 20.7. The Morgan fingerprint density at radius 3 is 2.57 bits per heavy atom. The van der Waals surface area contributed by atoms with E-state index in [0.29, 0.717) is 38.9 Å². The van der Waals surface area contributed by atoms with Crippen LogP contribution < -0.4 is 5.32 Å². The lowest BCUT2D eigenvalue weighted by Crippen LogP contribution is -2.44. The summed E-state index contributed by atoms with van der Waals surface area (Å²) in [4.78, 5) is 28.8. The molecule has 2 aliphatic heterocycles. The van der Waals surface area contributed by atoms with Crippen molar-refractivity contribution in [2.75, 3.05) is 19.6 Å². The van der Waals surface area contributed by atoms with Crippen LogP contribution in [0, 0.1) is 5.41 Å². The van der Waals surface area contributed by atoms with Crippen molar-refractivity contribution in [2.24, 2.45) is 5.41 Å². The van der Waals surface area contributed by atoms with E-state index in [-0.39, 0.29) is 11.3 Å². The van der Waals surface area contributed by atoms with Crippen LogP contribution in [0.4, 0.5) is 13.2 Å². The van der Waals surface area contributed by atoms with E-state index in [4.69, 9.17) is 0 Å². The molecule has 2 aliphatic rings. The third kappa shape index (κ3) is 3.02. The van der Waals surface area contributed by atoms with Crippen molar-refractivity contribution in [1.82, 2.24) is 15.2 Å². The lowest BCUT2D eigenvalue weighted by molar-refractivity contribution is -0.138. The second-order valence-electron chi connectivity index (χ2n) is 6.14. The van der Waals surface area contributed by atoms with E-state index in [1.807, 2.05) is 0 Å². The lowest BCUT2D eigenvalue weighted by atomic mass is 9.77. The molecular formula is C15H16F3N3O2. The van der Waals surface area contributed by atoms with Crippen molar-refractivity contribution in [3.8, 4) is 0 Å². The molecule has 0 unspecified atom stereocenters. The molecule has 0 bridgehead atoms. The summed E-state index contributed by atoms with van der Waals surface area (Å²) in [6.45, 7) is 1.24. The predicted molar refractivity (Wildman–Crippen MR) is 74.4 cm³/mol. The number of likely N-dealkylation sites (tertiary alicyclic amines) is 1. The molecule has 0 aromatic carbocycles. The van der Waals surface area contributed by atoms with Crippen LogP contribution in [0.15, 0.2) is 18.3 Å². The zero-order valence-corrected chi connectivity index (χ0v) is 12.3. The number of nitrogens with one attached hydrogen (secondary N) is 1. The summed E-state index contributed by atoms with van der Waals surface area (Å²) < 4.78 is 39.0. The van der Waals surface area contributed by atoms with Crippen molar-refractivity contribution in [3.05, 3.63) is 29.6 Å². The summed E-state index contributed by atoms with van der Waals surface area (Å²) in [5.74, 6) is -0.709. The third-order valence-corrected chi connectivity index (χ3v) is 4.62. The Balaban J connectivity index is 1.75. The molecule has 124 valence electrons. The van der Waals surface area contributed by atoms with Gasteiger partial charge in [0.1, 0.15) is 5.69 Å². The third-order valence-electron chi connectivity index (χ3n) is 4.62. The van der Waals surface area contributed by atoms with Gasteiger partial charge >= 0.3 is 6.18 Å². The van der Waals surface area contributed by atoms with Crippen LogP contribution >= 0.6 is 0 Å². The van der Waals surface area contributed by atoms with Crippen LogP contribution in [0.5, 0.6) is 0 Å². The van der Waals surface area contributed by atoms with Crippen LogP contribution in [-0.4, -0.2) is 41.3 Å². The molecule has 1 aromatic heterocycles. The summed E-state index contributed by atoms with van der Waals surface area (Å²) in [5.41, 5.74) is -1.73. The van der Waals surface area contributed by atoms with Gasteiger partial charge in [-0.15, -0.1) is 0 Å². The number of nitrogens with zero attached hydrogens (tertiary/aromatic N) is 2. The SMILES string of the molecule is O=C1CC2(CCN(C(=O)c3ncccc3C(F)(F)F)CC2)CN1. The highest BCUT2D eigenvalue weighted by molar-refractivity contribution is 5.94. The number of pyridine rings is 1. The summed E-state index contributed by atoms with van der Waals surface area (Å²) in [5, 5.41) is 2.78. The fraction of sp³-hybridized carbons (Fsp3) is 0.533. The second-order valence-corrected chi connectivity index (χ2v) is 6.14. The van der Waals surface area contributed by atoms with Crippen LogP contribution in [0.1, 0.15) is 35.3 Å². The van der Waals surface area contributed by atoms with Gasteiger partial charge in [0.25, 0.3) is 5.91 Å². The molecule has 0 atom stereocenters. The molecule has 23 heavy (non-hydrogen) atoms. The first-order valence-electron chi connectivity index (χ1n) is 7.39. The minimum absolute atomic E-state index is 0.00568. The van der Waals surface area contributed by atoms with Gasteiger partial charge in [-0.2, -0.15) is 13.2 Å². The van der Waals surface area contributed by atoms with Gasteiger partial charge < -0.3 is 10.2 Å². The van der Waals surface area contributed by atoms with E-state index in [9.17, 15) is 22.8 Å². The van der Waals surface area contributed by atoms with Gasteiger partial charge in [-0.25, -0.2) is 0 Å². The average Bonchev–Trinajstić information content (AvgIpc) is 2.87. The maximum atomic E-state index is 13.0. The van der Waals surface area contributed by atoms with E-state index < -0.39 is 23.3 Å². The number of halogens is 3. The van der Waals surface area contributed by atoms with Crippen molar-refractivity contribution >= 4 is 11.8 Å². The molecule has 0 saturated carbocycles. The number of hydrogen-bond acceptors (Lipinski definition) is 3. The molecule has 1 aromatic rings. The maximum Gasteiger partial charge on any atom is 0.418 e. The van der Waals surface area contributed by atoms with E-state index in [0.717, 1.165) is 6.07 Å². The van der Waals surface area contributed by atoms with Gasteiger partial charge in [0.2, 0.25) is 5.91 Å². The number of carbonyl (C=O) groups excluding carboxylic acids is 2. The number of hydrogen-bond donors (Lipinski definition) is 1. The fourth-order valence-electron chi connectivity index (χ4n) is 3.24. The van der Waals surface area contributed by atoms with Gasteiger partial charge in [-0.1, -0.05) is 0 Å². The van der Waals surface area contributed by atoms with Gasteiger partial charge in [-0.3, -0.25) is 14.6 Å². The smallest absolute Gasteiger partial charge is 0.356 e. The standard InChI is InChI=1S/C15H16F3N3O2/c16-15(17,18)10-2-1-5-19-12(10)13(23)21-6-3-14(4-7-21)8-11(22)20-9-14/h1-2,5H,3-4,6-9H2,(H,20,22). The Kier molecular flexibility index (Phi) is 3.77. The summed E-state index contributed by atoms with van der Waals surface area (Å²) in [6.07, 6.45) is -1.80. The Bertz CT molecular complexity index is 637. The first kappa shape index (κ1) is 15.8. The Morgan fingerprint density at radius 2 is 2.00 bits per heavy atom. The summed E-state index contributed by atoms with van der Waals surface area (Å²) in [7, 11) is 0. The molecule has 0 radical (unpaired) electrons. The molecule has 8 heteroatoms. The largest absolute Gasteiger partial charge is 0.418 e. The minimum Gasteiger partial charge on any atom is -0.356 e. The Morgan fingerprint density at radius 1 is 1.30 bits per heavy atom. The zero-order chi connectivity index (χ0) is 16.7. The molecule has 3 rings (SSSR count). The Labute approximate surface area is 130 Å². The van der Waals surface area contributed by atoms with Crippen LogP contribution in [0.25, 0.3) is 0 Å². The number of rotatable bonds is 1. The van der Waals surface area contributed by atoms with Gasteiger partial charge in [-0.05, 0) is 30.4 Å². The average molecular weight is 327 g/mol. The lowest BCUT2D eigenvalue weighted by Gasteiger charge is -2.38. The first-order valence-corrected chi connectivity index (χ1v) is 7.39. The van der Waals surface area contributed by atoms with Crippen LogP contribution in [-0.2, 0) is 11.0 Å². The minimum atomic E-state index is -4.61. The van der Waals surface area contributed by atoms with E-state index >= 15 is 0 Å². The predicted octanol–water partition coefficient (Wildman–Crippen LogP) is 1.84. The molecule has 5 nitrogen and oxygen atoms in total. The van der Waals surface area contributed by atoms with Gasteiger partial charge in [0, 0.05) is 32.3 Å². The van der Waals surface area contributed by atoms with Crippen molar-refractivity contribution in [2.45, 2.75) is 25.4 Å². The summed E-state index contributed by atoms with van der Waals surface area (Å²) in [6, 6.07) is 2.03. The molecule has 0 aliphatic carbocycles. The fourth-order valence-corrected chi connectivity index (χ4v) is 3.24. The monoisotopic (exact) mass is 327 g/mol. The first-order chi connectivity index (χ1) is 10.8. The Hall–Kier alpha value is -2.12. The van der Waals surface area contributed by atoms with Crippen molar-refractivity contribution in [3.63, 3.8) is 0 Å². The molecule has 2 amide bonds. The number of alkyl halides is 3. The van der Waals surface area contributed by atoms with E-state index in [1.54, 1.807) is 0 Å². The summed E-state index contributed by atoms with van der Waals surface area (Å²) >= 11 is 0. The molecule has 2 fully saturated rings. The van der Waals surface area contributed by atoms with E-state index in [1.165, 1.54) is 17.2 Å². The van der Waals surface area contributed by atoms with Crippen molar-refractivity contribution in [1.29, 1.82) is 0 Å². The van der Waals surface area contributed by atoms with Crippen molar-refractivity contribution < 1.29 is 22.8 Å². The van der Waals surface area contributed by atoms with E-state index in [2.05, 4.69) is 10.3 Å². The number of carbonyl (C=O) groups is 2. The maximum absolute atomic E-state index is 13.0. The number of amides is 2. The highest BCUT2D eigenvalue weighted by atomic mass is 19.4. The highest BCUT2D eigenvalue weighted by Crippen LogP contribution is 2.38. The molecule has 1 spiro atoms. The molecular weight excluding hydrogens is 311 g/mol.